The van der Waals surface area contributed by atoms with E-state index in [1.54, 1.807) is 12.4 Å². The first-order valence-corrected chi connectivity index (χ1v) is 4.26. The molecule has 2 aromatic rings. The summed E-state index contributed by atoms with van der Waals surface area (Å²) < 4.78 is 13.1. The van der Waals surface area contributed by atoms with Crippen LogP contribution in [0.3, 0.4) is 0 Å². The summed E-state index contributed by atoms with van der Waals surface area (Å²) in [6, 6.07) is 3.94. The monoisotopic (exact) mass is 205 g/mol. The normalized spacial score (nSPS) is 10.2. The summed E-state index contributed by atoms with van der Waals surface area (Å²) in [7, 11) is 0. The van der Waals surface area contributed by atoms with Crippen LogP contribution in [0.1, 0.15) is 10.4 Å². The van der Waals surface area contributed by atoms with Gasteiger partial charge in [-0.1, -0.05) is 0 Å². The number of nitrogens with one attached hydrogen (secondary N) is 1. The lowest BCUT2D eigenvalue weighted by Crippen LogP contribution is -2.11. The molecule has 2 rings (SSSR count). The van der Waals surface area contributed by atoms with E-state index in [0.29, 0.717) is 11.1 Å². The van der Waals surface area contributed by atoms with E-state index in [9.17, 15) is 9.18 Å². The Labute approximate surface area is 84.9 Å². The molecule has 4 nitrogen and oxygen atoms in total. The first kappa shape index (κ1) is 9.39. The zero-order chi connectivity index (χ0) is 10.8. The first-order valence-electron chi connectivity index (χ1n) is 4.26. The van der Waals surface area contributed by atoms with E-state index in [2.05, 4.69) is 10.2 Å². The predicted octanol–water partition coefficient (Wildman–Crippen LogP) is 1.31. The fourth-order valence-electron chi connectivity index (χ4n) is 1.31. The number of carbonyl (C=O) groups is 1. The number of hydrogen-bond acceptors (Lipinski definition) is 2. The van der Waals surface area contributed by atoms with E-state index in [-0.39, 0.29) is 5.56 Å². The van der Waals surface area contributed by atoms with Crippen molar-refractivity contribution >= 4 is 5.91 Å². The molecule has 0 bridgehead atoms. The molecular formula is C10H8FN3O. The lowest BCUT2D eigenvalue weighted by Gasteiger charge is -2.01. The van der Waals surface area contributed by atoms with Crippen molar-refractivity contribution in [3.8, 4) is 11.1 Å². The molecule has 0 saturated heterocycles. The second-order valence-electron chi connectivity index (χ2n) is 3.08. The molecule has 0 unspecified atom stereocenters. The summed E-state index contributed by atoms with van der Waals surface area (Å²) in [6.07, 6.45) is 3.15. The Morgan fingerprint density at radius 2 is 2.13 bits per heavy atom. The highest BCUT2D eigenvalue weighted by molar-refractivity contribution is 5.94. The van der Waals surface area contributed by atoms with Crippen LogP contribution in [0.25, 0.3) is 11.1 Å². The van der Waals surface area contributed by atoms with Gasteiger partial charge in [-0.15, -0.1) is 0 Å². The fourth-order valence-corrected chi connectivity index (χ4v) is 1.31. The summed E-state index contributed by atoms with van der Waals surface area (Å²) in [5.41, 5.74) is 6.49. The number of nitrogens with zero attached hydrogens (tertiary/aromatic N) is 1. The van der Waals surface area contributed by atoms with Crippen molar-refractivity contribution in [3.63, 3.8) is 0 Å². The molecule has 1 amide bonds. The maximum Gasteiger partial charge on any atom is 0.248 e. The SMILES string of the molecule is NC(=O)c1cc(F)cc(-c2cn[nH]c2)c1. The Hall–Kier alpha value is -2.17. The molecular weight excluding hydrogens is 197 g/mol. The molecule has 0 saturated carbocycles. The molecule has 1 heterocycles. The third-order valence-corrected chi connectivity index (χ3v) is 2.01. The number of primary amides is 1. The topological polar surface area (TPSA) is 71.8 Å². The number of amides is 1. The van der Waals surface area contributed by atoms with E-state index >= 15 is 0 Å². The molecule has 15 heavy (non-hydrogen) atoms. The molecule has 0 spiro atoms. The van der Waals surface area contributed by atoms with Crippen molar-refractivity contribution in [3.05, 3.63) is 42.0 Å². The molecule has 0 aliphatic heterocycles. The highest BCUT2D eigenvalue weighted by Gasteiger charge is 2.07. The number of aromatic amines is 1. The van der Waals surface area contributed by atoms with Gasteiger partial charge in [0.15, 0.2) is 0 Å². The highest BCUT2D eigenvalue weighted by Crippen LogP contribution is 2.20. The summed E-state index contributed by atoms with van der Waals surface area (Å²) in [5, 5.41) is 6.35. The molecule has 1 aromatic carbocycles. The molecule has 0 fully saturated rings. The third kappa shape index (κ3) is 1.85. The molecule has 0 radical (unpaired) electrons. The van der Waals surface area contributed by atoms with Gasteiger partial charge in [-0.2, -0.15) is 5.10 Å². The Bertz CT molecular complexity index is 493. The Morgan fingerprint density at radius 1 is 1.33 bits per heavy atom. The van der Waals surface area contributed by atoms with Gasteiger partial charge in [-0.25, -0.2) is 4.39 Å². The number of benzene rings is 1. The van der Waals surface area contributed by atoms with Crippen LogP contribution in [-0.4, -0.2) is 16.1 Å². The van der Waals surface area contributed by atoms with Crippen LogP contribution in [-0.2, 0) is 0 Å². The minimum Gasteiger partial charge on any atom is -0.366 e. The highest BCUT2D eigenvalue weighted by atomic mass is 19.1. The number of nitrogens with two attached hydrogens (primary N) is 1. The van der Waals surface area contributed by atoms with E-state index in [1.165, 1.54) is 12.1 Å². The third-order valence-electron chi connectivity index (χ3n) is 2.01. The molecule has 0 aliphatic rings. The van der Waals surface area contributed by atoms with Crippen molar-refractivity contribution in [1.82, 2.24) is 10.2 Å². The molecule has 5 heteroatoms. The Kier molecular flexibility index (Phi) is 2.21. The smallest absolute Gasteiger partial charge is 0.248 e. The quantitative estimate of drug-likeness (QED) is 0.775. The van der Waals surface area contributed by atoms with Gasteiger partial charge in [0, 0.05) is 17.3 Å². The van der Waals surface area contributed by atoms with Crippen LogP contribution in [0.2, 0.25) is 0 Å². The predicted molar refractivity (Wildman–Crippen MR) is 52.5 cm³/mol. The van der Waals surface area contributed by atoms with Crippen LogP contribution in [0.15, 0.2) is 30.6 Å². The lowest BCUT2D eigenvalue weighted by atomic mass is 10.1. The molecule has 0 aliphatic carbocycles. The maximum atomic E-state index is 13.1. The number of carbonyl (C=O) groups excluding carboxylic acids is 1. The van der Waals surface area contributed by atoms with Crippen molar-refractivity contribution in [2.75, 3.05) is 0 Å². The fraction of sp³-hybridized carbons (Fsp3) is 0. The minimum absolute atomic E-state index is 0.145. The van der Waals surface area contributed by atoms with Crippen LogP contribution >= 0.6 is 0 Å². The van der Waals surface area contributed by atoms with E-state index in [4.69, 9.17) is 5.73 Å². The molecule has 76 valence electrons. The minimum atomic E-state index is -0.653. The Morgan fingerprint density at radius 3 is 2.73 bits per heavy atom. The van der Waals surface area contributed by atoms with Crippen LogP contribution in [0.4, 0.5) is 4.39 Å². The second-order valence-corrected chi connectivity index (χ2v) is 3.08. The number of halogens is 1. The van der Waals surface area contributed by atoms with Crippen LogP contribution < -0.4 is 5.73 Å². The van der Waals surface area contributed by atoms with Gasteiger partial charge in [0.2, 0.25) is 5.91 Å². The number of hydrogen-bond donors (Lipinski definition) is 2. The number of H-pyrrole nitrogens is 1. The number of aromatic nitrogens is 2. The van der Waals surface area contributed by atoms with Gasteiger partial charge in [0.1, 0.15) is 5.82 Å². The van der Waals surface area contributed by atoms with Crippen molar-refractivity contribution in [1.29, 1.82) is 0 Å². The average Bonchev–Trinajstić information content (AvgIpc) is 2.69. The van der Waals surface area contributed by atoms with Crippen LogP contribution in [0, 0.1) is 5.82 Å². The van der Waals surface area contributed by atoms with Crippen molar-refractivity contribution in [2.24, 2.45) is 5.73 Å². The molecule has 1 aromatic heterocycles. The maximum absolute atomic E-state index is 13.1. The zero-order valence-electron chi connectivity index (χ0n) is 7.70. The summed E-state index contributed by atoms with van der Waals surface area (Å²) in [6.45, 7) is 0. The molecule has 3 N–H and O–H groups in total. The van der Waals surface area contributed by atoms with Gasteiger partial charge in [0.25, 0.3) is 0 Å². The van der Waals surface area contributed by atoms with Gasteiger partial charge in [-0.05, 0) is 23.8 Å². The number of rotatable bonds is 2. The van der Waals surface area contributed by atoms with E-state index in [1.807, 2.05) is 0 Å². The van der Waals surface area contributed by atoms with Crippen LogP contribution in [0.5, 0.6) is 0 Å². The molecule has 0 atom stereocenters. The summed E-state index contributed by atoms with van der Waals surface area (Å²) >= 11 is 0. The van der Waals surface area contributed by atoms with Gasteiger partial charge in [0.05, 0.1) is 6.20 Å². The zero-order valence-corrected chi connectivity index (χ0v) is 7.70. The van der Waals surface area contributed by atoms with E-state index < -0.39 is 11.7 Å². The standard InChI is InChI=1S/C10H8FN3O/c11-9-2-6(8-4-13-14-5-8)1-7(3-9)10(12)15/h1-5H,(H2,12,15)(H,13,14). The van der Waals surface area contributed by atoms with Crippen molar-refractivity contribution in [2.45, 2.75) is 0 Å². The largest absolute Gasteiger partial charge is 0.366 e. The van der Waals surface area contributed by atoms with Crippen molar-refractivity contribution < 1.29 is 9.18 Å². The summed E-state index contributed by atoms with van der Waals surface area (Å²) in [5.74, 6) is -1.15. The Balaban J connectivity index is 2.54. The first-order chi connectivity index (χ1) is 7.16. The van der Waals surface area contributed by atoms with Gasteiger partial charge < -0.3 is 5.73 Å². The average molecular weight is 205 g/mol. The lowest BCUT2D eigenvalue weighted by molar-refractivity contribution is 0.1000. The second kappa shape index (κ2) is 3.53. The van der Waals surface area contributed by atoms with Gasteiger partial charge in [-0.3, -0.25) is 9.89 Å². The van der Waals surface area contributed by atoms with Gasteiger partial charge >= 0.3 is 0 Å². The van der Waals surface area contributed by atoms with E-state index in [0.717, 1.165) is 6.07 Å². The summed E-state index contributed by atoms with van der Waals surface area (Å²) in [4.78, 5) is 10.9.